The summed E-state index contributed by atoms with van der Waals surface area (Å²) in [5, 5.41) is 4.93. The van der Waals surface area contributed by atoms with Crippen LogP contribution >= 0.6 is 11.6 Å². The van der Waals surface area contributed by atoms with E-state index in [9.17, 15) is 4.39 Å². The minimum atomic E-state index is -0.337. The first-order chi connectivity index (χ1) is 7.24. The summed E-state index contributed by atoms with van der Waals surface area (Å²) < 4.78 is 15.0. The Balaban J connectivity index is 2.50. The normalized spacial score (nSPS) is 11.1. The fourth-order valence-corrected chi connectivity index (χ4v) is 1.80. The maximum atomic E-state index is 13.4. The number of nitrogens with two attached hydrogens (primary N) is 1. The Labute approximate surface area is 91.6 Å². The zero-order chi connectivity index (χ0) is 10.8. The van der Waals surface area contributed by atoms with Crippen LogP contribution in [0.25, 0.3) is 10.9 Å². The van der Waals surface area contributed by atoms with Gasteiger partial charge in [0.05, 0.1) is 10.9 Å². The van der Waals surface area contributed by atoms with Crippen molar-refractivity contribution in [3.05, 3.63) is 29.2 Å². The van der Waals surface area contributed by atoms with Gasteiger partial charge in [0.2, 0.25) is 0 Å². The second-order valence-electron chi connectivity index (χ2n) is 3.29. The number of nitrogens with zero attached hydrogens (tertiary/aromatic N) is 2. The van der Waals surface area contributed by atoms with Crippen LogP contribution in [0, 0.1) is 5.82 Å². The minimum Gasteiger partial charge on any atom is -0.330 e. The molecule has 5 heteroatoms. The third-order valence-corrected chi connectivity index (χ3v) is 2.61. The summed E-state index contributed by atoms with van der Waals surface area (Å²) in [7, 11) is 0. The molecule has 80 valence electrons. The van der Waals surface area contributed by atoms with Crippen molar-refractivity contribution >= 4 is 22.5 Å². The topological polar surface area (TPSA) is 43.8 Å². The van der Waals surface area contributed by atoms with E-state index in [1.807, 2.05) is 0 Å². The number of fused-ring (bicyclic) bond motifs is 1. The number of benzene rings is 1. The molecule has 0 bridgehead atoms. The van der Waals surface area contributed by atoms with Gasteiger partial charge in [0.25, 0.3) is 0 Å². The van der Waals surface area contributed by atoms with Crippen LogP contribution in [0.1, 0.15) is 6.42 Å². The lowest BCUT2D eigenvalue weighted by atomic mass is 10.2. The molecule has 2 rings (SSSR count). The summed E-state index contributed by atoms with van der Waals surface area (Å²) in [6.45, 7) is 1.18. The molecule has 1 aromatic heterocycles. The predicted octanol–water partition coefficient (Wildman–Crippen LogP) is 2.18. The zero-order valence-corrected chi connectivity index (χ0v) is 8.84. The van der Waals surface area contributed by atoms with Crippen LogP contribution < -0.4 is 5.73 Å². The van der Waals surface area contributed by atoms with Crippen molar-refractivity contribution < 1.29 is 4.39 Å². The Kier molecular flexibility index (Phi) is 2.88. The number of hydrogen-bond acceptors (Lipinski definition) is 2. The molecule has 0 aliphatic carbocycles. The molecule has 0 aliphatic heterocycles. The lowest BCUT2D eigenvalue weighted by Crippen LogP contribution is -2.06. The molecule has 0 aliphatic rings. The molecule has 0 radical (unpaired) electrons. The van der Waals surface area contributed by atoms with Crippen molar-refractivity contribution in [3.63, 3.8) is 0 Å². The van der Waals surface area contributed by atoms with Crippen LogP contribution in [0.2, 0.25) is 5.15 Å². The molecule has 0 unspecified atom stereocenters. The van der Waals surface area contributed by atoms with Crippen LogP contribution in [0.4, 0.5) is 4.39 Å². The Bertz CT molecular complexity index is 481. The molecule has 3 nitrogen and oxygen atoms in total. The van der Waals surface area contributed by atoms with Gasteiger partial charge in [0, 0.05) is 6.54 Å². The van der Waals surface area contributed by atoms with Crippen molar-refractivity contribution in [2.24, 2.45) is 5.73 Å². The summed E-state index contributed by atoms with van der Waals surface area (Å²) in [6, 6.07) is 4.74. The van der Waals surface area contributed by atoms with E-state index in [0.29, 0.717) is 29.1 Å². The van der Waals surface area contributed by atoms with Crippen molar-refractivity contribution in [1.29, 1.82) is 0 Å². The van der Waals surface area contributed by atoms with E-state index in [1.165, 1.54) is 6.07 Å². The van der Waals surface area contributed by atoms with Crippen molar-refractivity contribution in [2.75, 3.05) is 6.54 Å². The minimum absolute atomic E-state index is 0.337. The van der Waals surface area contributed by atoms with Crippen LogP contribution in [0.5, 0.6) is 0 Å². The molecule has 2 aromatic rings. The number of aryl methyl sites for hydroxylation is 1. The maximum absolute atomic E-state index is 13.4. The molecule has 0 saturated heterocycles. The molecule has 0 fully saturated rings. The molecule has 1 aromatic carbocycles. The summed E-state index contributed by atoms with van der Waals surface area (Å²) in [5.74, 6) is -0.337. The highest BCUT2D eigenvalue weighted by Crippen LogP contribution is 2.25. The quantitative estimate of drug-likeness (QED) is 0.874. The molecule has 0 saturated carbocycles. The van der Waals surface area contributed by atoms with Crippen LogP contribution in [-0.4, -0.2) is 16.3 Å². The SMILES string of the molecule is NCCCn1nc2cccc(F)c2c1Cl. The van der Waals surface area contributed by atoms with Crippen molar-refractivity contribution in [1.82, 2.24) is 9.78 Å². The number of rotatable bonds is 3. The third-order valence-electron chi connectivity index (χ3n) is 2.23. The zero-order valence-electron chi connectivity index (χ0n) is 8.08. The van der Waals surface area contributed by atoms with Gasteiger partial charge in [-0.25, -0.2) is 4.39 Å². The maximum Gasteiger partial charge on any atom is 0.137 e. The van der Waals surface area contributed by atoms with Gasteiger partial charge in [0.15, 0.2) is 0 Å². The number of aromatic nitrogens is 2. The fourth-order valence-electron chi connectivity index (χ4n) is 1.49. The second-order valence-corrected chi connectivity index (χ2v) is 3.65. The van der Waals surface area contributed by atoms with E-state index in [4.69, 9.17) is 17.3 Å². The highest BCUT2D eigenvalue weighted by Gasteiger charge is 2.12. The second kappa shape index (κ2) is 4.16. The molecule has 0 atom stereocenters. The first-order valence-electron chi connectivity index (χ1n) is 4.74. The molecule has 0 amide bonds. The molecule has 0 spiro atoms. The molecule has 2 N–H and O–H groups in total. The number of halogens is 2. The van der Waals surface area contributed by atoms with Crippen LogP contribution in [0.15, 0.2) is 18.2 Å². The fraction of sp³-hybridized carbons (Fsp3) is 0.300. The standard InChI is InChI=1S/C10H11ClFN3/c11-10-9-7(12)3-1-4-8(9)14-15(10)6-2-5-13/h1,3-4H,2,5-6,13H2. The third kappa shape index (κ3) is 1.82. The van der Waals surface area contributed by atoms with E-state index < -0.39 is 0 Å². The van der Waals surface area contributed by atoms with Gasteiger partial charge in [-0.3, -0.25) is 4.68 Å². The Morgan fingerprint density at radius 2 is 2.27 bits per heavy atom. The van der Waals surface area contributed by atoms with Crippen molar-refractivity contribution in [2.45, 2.75) is 13.0 Å². The summed E-state index contributed by atoms with van der Waals surface area (Å²) in [5.41, 5.74) is 5.97. The van der Waals surface area contributed by atoms with E-state index in [-0.39, 0.29) is 5.82 Å². The Hall–Kier alpha value is -1.13. The smallest absolute Gasteiger partial charge is 0.137 e. The Morgan fingerprint density at radius 1 is 1.47 bits per heavy atom. The van der Waals surface area contributed by atoms with E-state index >= 15 is 0 Å². The lowest BCUT2D eigenvalue weighted by Gasteiger charge is -1.99. The first kappa shape index (κ1) is 10.4. The largest absolute Gasteiger partial charge is 0.330 e. The molecule has 1 heterocycles. The van der Waals surface area contributed by atoms with Gasteiger partial charge in [-0.15, -0.1) is 0 Å². The lowest BCUT2D eigenvalue weighted by molar-refractivity contribution is 0.590. The highest BCUT2D eigenvalue weighted by atomic mass is 35.5. The van der Waals surface area contributed by atoms with Gasteiger partial charge in [-0.05, 0) is 25.1 Å². The molecular weight excluding hydrogens is 217 g/mol. The van der Waals surface area contributed by atoms with Crippen LogP contribution in [0.3, 0.4) is 0 Å². The Morgan fingerprint density at radius 3 is 2.93 bits per heavy atom. The monoisotopic (exact) mass is 227 g/mol. The average molecular weight is 228 g/mol. The predicted molar refractivity (Wildman–Crippen MR) is 58.4 cm³/mol. The van der Waals surface area contributed by atoms with Crippen molar-refractivity contribution in [3.8, 4) is 0 Å². The summed E-state index contributed by atoms with van der Waals surface area (Å²) in [4.78, 5) is 0. The van der Waals surface area contributed by atoms with E-state index in [1.54, 1.807) is 16.8 Å². The number of hydrogen-bond donors (Lipinski definition) is 1. The van der Waals surface area contributed by atoms with E-state index in [0.717, 1.165) is 6.42 Å². The first-order valence-corrected chi connectivity index (χ1v) is 5.12. The van der Waals surface area contributed by atoms with Gasteiger partial charge in [0.1, 0.15) is 11.0 Å². The van der Waals surface area contributed by atoms with Gasteiger partial charge in [-0.1, -0.05) is 17.7 Å². The summed E-state index contributed by atoms with van der Waals surface area (Å²) in [6.07, 6.45) is 0.773. The van der Waals surface area contributed by atoms with Gasteiger partial charge >= 0.3 is 0 Å². The molecule has 15 heavy (non-hydrogen) atoms. The van der Waals surface area contributed by atoms with Crippen LogP contribution in [-0.2, 0) is 6.54 Å². The highest BCUT2D eigenvalue weighted by molar-refractivity contribution is 6.34. The van der Waals surface area contributed by atoms with Gasteiger partial charge < -0.3 is 5.73 Å². The molecular formula is C10H11ClFN3. The van der Waals surface area contributed by atoms with E-state index in [2.05, 4.69) is 5.10 Å². The average Bonchev–Trinajstić information content (AvgIpc) is 2.54. The van der Waals surface area contributed by atoms with Gasteiger partial charge in [-0.2, -0.15) is 5.10 Å². The summed E-state index contributed by atoms with van der Waals surface area (Å²) >= 11 is 6.02.